The molecule has 4 rings (SSSR count). The fourth-order valence-electron chi connectivity index (χ4n) is 7.18. The van der Waals surface area contributed by atoms with E-state index >= 15 is 0 Å². The molecule has 3 saturated carbocycles. The van der Waals surface area contributed by atoms with Gasteiger partial charge in [0.15, 0.2) is 0 Å². The molecule has 0 aromatic carbocycles. The first kappa shape index (κ1) is 14.8. The van der Waals surface area contributed by atoms with E-state index in [1.54, 1.807) is 0 Å². The van der Waals surface area contributed by atoms with Crippen LogP contribution >= 0.6 is 0 Å². The van der Waals surface area contributed by atoms with Gasteiger partial charge >= 0.3 is 0 Å². The Morgan fingerprint density at radius 3 is 2.68 bits per heavy atom. The molecule has 0 spiro atoms. The van der Waals surface area contributed by atoms with Crippen molar-refractivity contribution >= 4 is 0 Å². The summed E-state index contributed by atoms with van der Waals surface area (Å²) in [6.07, 6.45) is 12.5. The Morgan fingerprint density at radius 2 is 1.91 bits per heavy atom. The number of nitriles is 1. The number of hydrogen-bond donors (Lipinski definition) is 1. The van der Waals surface area contributed by atoms with Crippen molar-refractivity contribution in [3.63, 3.8) is 0 Å². The first-order chi connectivity index (χ1) is 10.5. The van der Waals surface area contributed by atoms with Crippen LogP contribution in [0.4, 0.5) is 0 Å². The Balaban J connectivity index is 1.71. The van der Waals surface area contributed by atoms with Gasteiger partial charge in [-0.15, -0.1) is 0 Å². The average Bonchev–Trinajstić information content (AvgIpc) is 2.82. The summed E-state index contributed by atoms with van der Waals surface area (Å²) in [5.41, 5.74) is 0.339. The van der Waals surface area contributed by atoms with Gasteiger partial charge in [-0.25, -0.2) is 0 Å². The maximum Gasteiger partial charge on any atom is 0.0661 e. The smallest absolute Gasteiger partial charge is 0.0661 e. The van der Waals surface area contributed by atoms with E-state index < -0.39 is 0 Å². The Bertz CT molecular complexity index is 534. The second-order valence-electron chi connectivity index (χ2n) is 9.02. The molecule has 0 aromatic rings. The van der Waals surface area contributed by atoms with Crippen LogP contribution in [0.1, 0.15) is 58.8 Å². The predicted octanol–water partition coefficient (Wildman–Crippen LogP) is 4.31. The monoisotopic (exact) mass is 299 g/mol. The first-order valence-electron chi connectivity index (χ1n) is 9.23. The number of rotatable bonds is 0. The molecule has 22 heavy (non-hydrogen) atoms. The van der Waals surface area contributed by atoms with Gasteiger partial charge in [0.05, 0.1) is 18.1 Å². The molecule has 8 unspecified atom stereocenters. The van der Waals surface area contributed by atoms with Gasteiger partial charge in [0.2, 0.25) is 0 Å². The molecule has 0 saturated heterocycles. The van der Waals surface area contributed by atoms with Crippen LogP contribution in [0.3, 0.4) is 0 Å². The van der Waals surface area contributed by atoms with Gasteiger partial charge in [-0.2, -0.15) is 5.26 Å². The Morgan fingerprint density at radius 1 is 1.09 bits per heavy atom. The van der Waals surface area contributed by atoms with E-state index in [1.165, 1.54) is 25.7 Å². The van der Waals surface area contributed by atoms with E-state index in [-0.39, 0.29) is 22.9 Å². The number of nitrogens with zero attached hydrogens (tertiary/aromatic N) is 1. The summed E-state index contributed by atoms with van der Waals surface area (Å²) in [5, 5.41) is 20.7. The highest BCUT2D eigenvalue weighted by Gasteiger charge is 2.62. The zero-order valence-corrected chi connectivity index (χ0v) is 14.0. The summed E-state index contributed by atoms with van der Waals surface area (Å²) in [5.74, 6) is 2.66. The van der Waals surface area contributed by atoms with Gasteiger partial charge in [-0.3, -0.25) is 0 Å². The van der Waals surface area contributed by atoms with Crippen molar-refractivity contribution in [3.05, 3.63) is 12.2 Å². The van der Waals surface area contributed by atoms with Gasteiger partial charge in [-0.05, 0) is 79.4 Å². The largest absolute Gasteiger partial charge is 0.393 e. The van der Waals surface area contributed by atoms with Gasteiger partial charge in [0.25, 0.3) is 0 Å². The first-order valence-corrected chi connectivity index (χ1v) is 9.23. The lowest BCUT2D eigenvalue weighted by atomic mass is 9.44. The number of allylic oxidation sites excluding steroid dienone is 2. The van der Waals surface area contributed by atoms with Crippen LogP contribution in [0.15, 0.2) is 12.2 Å². The molecule has 0 heterocycles. The van der Waals surface area contributed by atoms with Crippen LogP contribution in [0.2, 0.25) is 0 Å². The lowest BCUT2D eigenvalue weighted by molar-refractivity contribution is -0.156. The topological polar surface area (TPSA) is 44.0 Å². The molecule has 0 amide bonds. The molecule has 1 N–H and O–H groups in total. The standard InChI is InChI=1S/C20H29NO/c1-19-10-4-3-5-13(19)6-8-15-16-9-7-14(12-21)20(16,2)11-17(22)18(15)19/h3-4,13-18,22H,5-11H2,1-2H3. The predicted molar refractivity (Wildman–Crippen MR) is 86.7 cm³/mol. The van der Waals surface area contributed by atoms with E-state index in [1.807, 2.05) is 0 Å². The molecule has 0 aromatic heterocycles. The summed E-state index contributed by atoms with van der Waals surface area (Å²) in [6, 6.07) is 2.56. The number of hydrogen-bond acceptors (Lipinski definition) is 2. The fourth-order valence-corrected chi connectivity index (χ4v) is 7.18. The number of aliphatic hydroxyl groups excluding tert-OH is 1. The maximum absolute atomic E-state index is 11.1. The molecule has 120 valence electrons. The van der Waals surface area contributed by atoms with Gasteiger partial charge < -0.3 is 5.11 Å². The molecule has 0 bridgehead atoms. The highest BCUT2D eigenvalue weighted by Crippen LogP contribution is 2.66. The van der Waals surface area contributed by atoms with E-state index in [0.29, 0.717) is 17.8 Å². The van der Waals surface area contributed by atoms with Crippen LogP contribution < -0.4 is 0 Å². The van der Waals surface area contributed by atoms with Crippen LogP contribution in [0.5, 0.6) is 0 Å². The molecular weight excluding hydrogens is 270 g/mol. The molecule has 0 aliphatic heterocycles. The summed E-state index contributed by atoms with van der Waals surface area (Å²) >= 11 is 0. The number of fused-ring (bicyclic) bond motifs is 5. The third-order valence-electron chi connectivity index (χ3n) is 8.29. The quantitative estimate of drug-likeness (QED) is 0.677. The molecule has 8 atom stereocenters. The molecule has 3 fully saturated rings. The van der Waals surface area contributed by atoms with Crippen LogP contribution in [0.25, 0.3) is 0 Å². The van der Waals surface area contributed by atoms with Crippen LogP contribution in [0, 0.1) is 51.8 Å². The zero-order valence-electron chi connectivity index (χ0n) is 14.0. The number of aliphatic hydroxyl groups is 1. The molecule has 4 aliphatic rings. The SMILES string of the molecule is CC12CC(O)C3C(CCC4CC=CCC43C)C1CCC2C#N. The minimum absolute atomic E-state index is 0.0586. The molecule has 2 nitrogen and oxygen atoms in total. The Labute approximate surface area is 134 Å². The van der Waals surface area contributed by atoms with Crippen molar-refractivity contribution in [2.24, 2.45) is 40.4 Å². The Hall–Kier alpha value is -0.810. The lowest BCUT2D eigenvalue weighted by Gasteiger charge is -2.61. The molecule has 4 aliphatic carbocycles. The van der Waals surface area contributed by atoms with Crippen molar-refractivity contribution in [2.45, 2.75) is 64.9 Å². The summed E-state index contributed by atoms with van der Waals surface area (Å²) in [6.45, 7) is 4.74. The zero-order chi connectivity index (χ0) is 15.5. The third-order valence-corrected chi connectivity index (χ3v) is 8.29. The highest BCUT2D eigenvalue weighted by molar-refractivity contribution is 5.16. The summed E-state index contributed by atoms with van der Waals surface area (Å²) in [4.78, 5) is 0. The third kappa shape index (κ3) is 1.75. The van der Waals surface area contributed by atoms with Crippen molar-refractivity contribution in [3.8, 4) is 6.07 Å². The van der Waals surface area contributed by atoms with E-state index in [0.717, 1.165) is 25.2 Å². The van der Waals surface area contributed by atoms with Gasteiger partial charge in [0, 0.05) is 0 Å². The molecule has 0 radical (unpaired) electrons. The van der Waals surface area contributed by atoms with Gasteiger partial charge in [0.1, 0.15) is 0 Å². The fraction of sp³-hybridized carbons (Fsp3) is 0.850. The minimum atomic E-state index is -0.209. The van der Waals surface area contributed by atoms with Crippen LogP contribution in [-0.4, -0.2) is 11.2 Å². The van der Waals surface area contributed by atoms with Crippen molar-refractivity contribution in [1.29, 1.82) is 5.26 Å². The van der Waals surface area contributed by atoms with E-state index in [9.17, 15) is 10.4 Å². The summed E-state index contributed by atoms with van der Waals surface area (Å²) in [7, 11) is 0. The molecular formula is C20H29NO. The second-order valence-corrected chi connectivity index (χ2v) is 9.02. The minimum Gasteiger partial charge on any atom is -0.393 e. The van der Waals surface area contributed by atoms with E-state index in [4.69, 9.17) is 0 Å². The average molecular weight is 299 g/mol. The Kier molecular flexibility index (Phi) is 3.25. The van der Waals surface area contributed by atoms with Crippen LogP contribution in [-0.2, 0) is 0 Å². The van der Waals surface area contributed by atoms with Crippen molar-refractivity contribution in [2.75, 3.05) is 0 Å². The highest BCUT2D eigenvalue weighted by atomic mass is 16.3. The maximum atomic E-state index is 11.1. The van der Waals surface area contributed by atoms with E-state index in [2.05, 4.69) is 32.1 Å². The van der Waals surface area contributed by atoms with Crippen molar-refractivity contribution < 1.29 is 5.11 Å². The summed E-state index contributed by atoms with van der Waals surface area (Å²) < 4.78 is 0. The normalized spacial score (nSPS) is 56.6. The molecule has 2 heteroatoms. The van der Waals surface area contributed by atoms with Gasteiger partial charge in [-0.1, -0.05) is 26.0 Å². The van der Waals surface area contributed by atoms with Crippen molar-refractivity contribution in [1.82, 2.24) is 0 Å². The second kappa shape index (κ2) is 4.84. The lowest BCUT2D eigenvalue weighted by Crippen LogP contribution is -2.57.